The molecule has 3 aliphatic rings. The van der Waals surface area contributed by atoms with Gasteiger partial charge in [-0.3, -0.25) is 0 Å². The van der Waals surface area contributed by atoms with Crippen LogP contribution in [0.15, 0.2) is 0 Å². The summed E-state index contributed by atoms with van der Waals surface area (Å²) in [6.45, 7) is 8.65. The molecule has 0 unspecified atom stereocenters. The number of hydrogen-bond donors (Lipinski definition) is 1. The molecular formula is C21H35NO7. The van der Waals surface area contributed by atoms with Gasteiger partial charge in [0.15, 0.2) is 6.04 Å². The standard InChI is InChI=1S/C21H35NO7/c1-13-18(27-10-15-7-8-15)17(26-9-14-5-6-14)12-25-11-16(19(23)28-13)22-20(24)29-21(2,3)4/h13-18H,5-12H2,1-4H3,(H,22,24)/t13-,16-,17-,18-/m0/s1. The summed E-state index contributed by atoms with van der Waals surface area (Å²) in [6.07, 6.45) is 2.80. The Bertz CT molecular complexity index is 568. The van der Waals surface area contributed by atoms with E-state index < -0.39 is 35.9 Å². The molecular weight excluding hydrogens is 378 g/mol. The number of ether oxygens (including phenoxy) is 5. The molecule has 8 heteroatoms. The molecule has 0 aromatic carbocycles. The zero-order valence-electron chi connectivity index (χ0n) is 18.0. The number of esters is 1. The summed E-state index contributed by atoms with van der Waals surface area (Å²) in [4.78, 5) is 24.7. The van der Waals surface area contributed by atoms with Crippen LogP contribution < -0.4 is 5.32 Å². The summed E-state index contributed by atoms with van der Waals surface area (Å²) in [7, 11) is 0. The van der Waals surface area contributed by atoms with Crippen molar-refractivity contribution in [3.8, 4) is 0 Å². The molecule has 1 amide bonds. The number of carbonyl (C=O) groups is 2. The first-order chi connectivity index (χ1) is 13.7. The van der Waals surface area contributed by atoms with Gasteiger partial charge in [0.2, 0.25) is 0 Å². The molecule has 1 aliphatic heterocycles. The smallest absolute Gasteiger partial charge is 0.408 e. The molecule has 0 radical (unpaired) electrons. The fourth-order valence-electron chi connectivity index (χ4n) is 3.11. The molecule has 0 aromatic heterocycles. The third-order valence-electron chi connectivity index (χ3n) is 5.14. The summed E-state index contributed by atoms with van der Waals surface area (Å²) in [6, 6.07) is -0.946. The Morgan fingerprint density at radius 2 is 1.69 bits per heavy atom. The summed E-state index contributed by atoms with van der Waals surface area (Å²) in [5.41, 5.74) is -0.663. The van der Waals surface area contributed by atoms with Gasteiger partial charge in [0.1, 0.15) is 23.9 Å². The zero-order valence-corrected chi connectivity index (χ0v) is 18.0. The highest BCUT2D eigenvalue weighted by atomic mass is 16.6. The van der Waals surface area contributed by atoms with Crippen LogP contribution in [0.4, 0.5) is 4.79 Å². The van der Waals surface area contributed by atoms with Crippen LogP contribution in [-0.2, 0) is 28.5 Å². The van der Waals surface area contributed by atoms with E-state index in [4.69, 9.17) is 23.7 Å². The summed E-state index contributed by atoms with van der Waals surface area (Å²) >= 11 is 0. The van der Waals surface area contributed by atoms with Crippen molar-refractivity contribution >= 4 is 12.1 Å². The number of rotatable bonds is 7. The van der Waals surface area contributed by atoms with E-state index in [1.54, 1.807) is 27.7 Å². The minimum Gasteiger partial charge on any atom is -0.458 e. The minimum atomic E-state index is -0.946. The monoisotopic (exact) mass is 413 g/mol. The van der Waals surface area contributed by atoms with Crippen molar-refractivity contribution in [2.75, 3.05) is 26.4 Å². The second-order valence-electron chi connectivity index (χ2n) is 9.43. The number of nitrogens with one attached hydrogen (secondary N) is 1. The second-order valence-corrected chi connectivity index (χ2v) is 9.43. The summed E-state index contributed by atoms with van der Waals surface area (Å²) in [5.74, 6) is 0.620. The van der Waals surface area contributed by atoms with Crippen LogP contribution >= 0.6 is 0 Å². The lowest BCUT2D eigenvalue weighted by molar-refractivity contribution is -0.168. The Labute approximate surface area is 172 Å². The van der Waals surface area contributed by atoms with Crippen molar-refractivity contribution < 1.29 is 33.3 Å². The van der Waals surface area contributed by atoms with Gasteiger partial charge in [0, 0.05) is 0 Å². The normalized spacial score (nSPS) is 31.2. The third-order valence-corrected chi connectivity index (χ3v) is 5.14. The van der Waals surface area contributed by atoms with Crippen molar-refractivity contribution in [3.05, 3.63) is 0 Å². The quantitative estimate of drug-likeness (QED) is 0.641. The molecule has 2 saturated carbocycles. The number of carbonyl (C=O) groups excluding carboxylic acids is 2. The fourth-order valence-corrected chi connectivity index (χ4v) is 3.11. The van der Waals surface area contributed by atoms with Gasteiger partial charge < -0.3 is 29.0 Å². The summed E-state index contributed by atoms with van der Waals surface area (Å²) in [5, 5.41) is 2.55. The van der Waals surface area contributed by atoms with Gasteiger partial charge in [0.05, 0.1) is 26.4 Å². The first kappa shape index (κ1) is 22.3. The molecule has 0 aromatic rings. The van der Waals surface area contributed by atoms with Crippen molar-refractivity contribution in [3.63, 3.8) is 0 Å². The van der Waals surface area contributed by atoms with Gasteiger partial charge in [-0.2, -0.15) is 0 Å². The molecule has 1 heterocycles. The van der Waals surface area contributed by atoms with Crippen molar-refractivity contribution in [2.24, 2.45) is 11.8 Å². The lowest BCUT2D eigenvalue weighted by Crippen LogP contribution is -2.48. The Morgan fingerprint density at radius 3 is 2.28 bits per heavy atom. The van der Waals surface area contributed by atoms with Crippen molar-refractivity contribution in [2.45, 2.75) is 83.3 Å². The van der Waals surface area contributed by atoms with E-state index in [2.05, 4.69) is 5.32 Å². The predicted molar refractivity (Wildman–Crippen MR) is 104 cm³/mol. The first-order valence-electron chi connectivity index (χ1n) is 10.7. The molecule has 4 atom stereocenters. The highest BCUT2D eigenvalue weighted by molar-refractivity contribution is 5.81. The molecule has 1 N–H and O–H groups in total. The lowest BCUT2D eigenvalue weighted by Gasteiger charge is -2.30. The minimum absolute atomic E-state index is 0.0105. The van der Waals surface area contributed by atoms with Gasteiger partial charge in [0.25, 0.3) is 0 Å². The number of alkyl carbamates (subject to hydrolysis) is 1. The van der Waals surface area contributed by atoms with Crippen molar-refractivity contribution in [1.29, 1.82) is 0 Å². The van der Waals surface area contributed by atoms with Gasteiger partial charge in [-0.05, 0) is 65.2 Å². The summed E-state index contributed by atoms with van der Waals surface area (Å²) < 4.78 is 28.8. The number of cyclic esters (lactones) is 1. The van der Waals surface area contributed by atoms with Gasteiger partial charge in [-0.25, -0.2) is 9.59 Å². The average Bonchev–Trinajstić information content (AvgIpc) is 3.50. The van der Waals surface area contributed by atoms with Crippen LogP contribution in [0, 0.1) is 11.8 Å². The Balaban J connectivity index is 1.62. The van der Waals surface area contributed by atoms with E-state index in [9.17, 15) is 9.59 Å². The molecule has 1 saturated heterocycles. The van der Waals surface area contributed by atoms with Crippen molar-refractivity contribution in [1.82, 2.24) is 5.32 Å². The van der Waals surface area contributed by atoms with Crippen LogP contribution in [0.3, 0.4) is 0 Å². The SMILES string of the molecule is C[C@@H]1OC(=O)[C@@H](NC(=O)OC(C)(C)C)COC[C@H](OCC2CC2)[C@H]1OCC1CC1. The van der Waals surface area contributed by atoms with Crippen LogP contribution in [0.1, 0.15) is 53.4 Å². The third kappa shape index (κ3) is 7.75. The highest BCUT2D eigenvalue weighted by Gasteiger charge is 2.38. The fraction of sp³-hybridized carbons (Fsp3) is 0.905. The van der Waals surface area contributed by atoms with E-state index in [-0.39, 0.29) is 19.3 Å². The average molecular weight is 414 g/mol. The molecule has 166 valence electrons. The Morgan fingerprint density at radius 1 is 1.07 bits per heavy atom. The maximum atomic E-state index is 12.6. The largest absolute Gasteiger partial charge is 0.458 e. The predicted octanol–water partition coefficient (Wildman–Crippen LogP) is 2.43. The number of amides is 1. The van der Waals surface area contributed by atoms with E-state index in [1.165, 1.54) is 25.7 Å². The van der Waals surface area contributed by atoms with E-state index in [1.807, 2.05) is 0 Å². The van der Waals surface area contributed by atoms with Gasteiger partial charge in [-0.15, -0.1) is 0 Å². The number of hydrogen-bond acceptors (Lipinski definition) is 7. The first-order valence-corrected chi connectivity index (χ1v) is 10.7. The van der Waals surface area contributed by atoms with Crippen LogP contribution in [0.2, 0.25) is 0 Å². The van der Waals surface area contributed by atoms with Crippen LogP contribution in [-0.4, -0.2) is 68.4 Å². The topological polar surface area (TPSA) is 92.3 Å². The lowest BCUT2D eigenvalue weighted by atomic mass is 10.1. The van der Waals surface area contributed by atoms with E-state index in [0.29, 0.717) is 25.0 Å². The van der Waals surface area contributed by atoms with E-state index >= 15 is 0 Å². The molecule has 3 fully saturated rings. The maximum Gasteiger partial charge on any atom is 0.408 e. The van der Waals surface area contributed by atoms with E-state index in [0.717, 1.165) is 0 Å². The Hall–Kier alpha value is -1.38. The maximum absolute atomic E-state index is 12.6. The molecule has 0 bridgehead atoms. The molecule has 2 aliphatic carbocycles. The Kier molecular flexibility index (Phi) is 7.40. The molecule has 8 nitrogen and oxygen atoms in total. The molecule has 29 heavy (non-hydrogen) atoms. The molecule has 3 rings (SSSR count). The highest BCUT2D eigenvalue weighted by Crippen LogP contribution is 2.32. The zero-order chi connectivity index (χ0) is 21.0. The molecule has 0 spiro atoms. The van der Waals surface area contributed by atoms with Gasteiger partial charge in [-0.1, -0.05) is 0 Å². The van der Waals surface area contributed by atoms with Crippen LogP contribution in [0.25, 0.3) is 0 Å². The second kappa shape index (κ2) is 9.62. The van der Waals surface area contributed by atoms with Gasteiger partial charge >= 0.3 is 12.1 Å². The van der Waals surface area contributed by atoms with Crippen LogP contribution in [0.5, 0.6) is 0 Å².